The maximum absolute atomic E-state index is 12.7. The molecule has 12 heteroatoms. The van der Waals surface area contributed by atoms with E-state index in [4.69, 9.17) is 18.9 Å². The lowest BCUT2D eigenvalue weighted by Gasteiger charge is -2.09. The number of rotatable bonds is 8. The average molecular weight is 483 g/mol. The van der Waals surface area contributed by atoms with Gasteiger partial charge in [-0.2, -0.15) is 9.36 Å². The van der Waals surface area contributed by atoms with E-state index in [0.717, 1.165) is 11.5 Å². The fourth-order valence-corrected chi connectivity index (χ4v) is 3.74. The van der Waals surface area contributed by atoms with Crippen molar-refractivity contribution in [3.05, 3.63) is 47.7 Å². The van der Waals surface area contributed by atoms with Crippen molar-refractivity contribution in [2.24, 2.45) is 0 Å². The van der Waals surface area contributed by atoms with E-state index >= 15 is 0 Å². The molecule has 0 bridgehead atoms. The third-order valence-corrected chi connectivity index (χ3v) is 5.58. The number of nitrogens with zero attached hydrogens (tertiary/aromatic N) is 5. The van der Waals surface area contributed by atoms with Crippen molar-refractivity contribution in [3.8, 4) is 40.2 Å². The fraction of sp³-hybridized carbons (Fsp3) is 0.227. The molecule has 1 N–H and O–H groups in total. The number of benzene rings is 2. The topological polar surface area (TPSA) is 123 Å². The molecule has 1 amide bonds. The summed E-state index contributed by atoms with van der Waals surface area (Å²) in [5.74, 6) is 2.23. The van der Waals surface area contributed by atoms with Crippen molar-refractivity contribution < 1.29 is 23.7 Å². The molecule has 0 fully saturated rings. The Labute approximate surface area is 199 Å². The van der Waals surface area contributed by atoms with Gasteiger partial charge in [-0.15, -0.1) is 5.10 Å². The SMILES string of the molecule is COc1cc(OC)cc(C(=O)Nc2nc(-c3nnn(-c4cc(OC)cc(OC)c4)c3C)ns2)c1. The Morgan fingerprint density at radius 2 is 1.44 bits per heavy atom. The van der Waals surface area contributed by atoms with Crippen LogP contribution in [0.15, 0.2) is 36.4 Å². The van der Waals surface area contributed by atoms with Gasteiger partial charge in [0.1, 0.15) is 23.0 Å². The van der Waals surface area contributed by atoms with Crippen LogP contribution in [0.2, 0.25) is 0 Å². The van der Waals surface area contributed by atoms with Crippen molar-refractivity contribution in [3.63, 3.8) is 0 Å². The van der Waals surface area contributed by atoms with E-state index < -0.39 is 0 Å². The number of aromatic nitrogens is 5. The van der Waals surface area contributed by atoms with E-state index in [-0.39, 0.29) is 5.91 Å². The summed E-state index contributed by atoms with van der Waals surface area (Å²) in [6, 6.07) is 10.3. The molecule has 4 aromatic rings. The number of carbonyl (C=O) groups excluding carboxylic acids is 1. The number of anilines is 1. The van der Waals surface area contributed by atoms with E-state index in [1.807, 2.05) is 19.1 Å². The van der Waals surface area contributed by atoms with Gasteiger partial charge in [0, 0.05) is 41.4 Å². The van der Waals surface area contributed by atoms with E-state index in [2.05, 4.69) is 25.0 Å². The molecular weight excluding hydrogens is 460 g/mol. The molecule has 0 unspecified atom stereocenters. The van der Waals surface area contributed by atoms with Crippen LogP contribution in [-0.4, -0.2) is 58.7 Å². The van der Waals surface area contributed by atoms with E-state index in [9.17, 15) is 4.79 Å². The van der Waals surface area contributed by atoms with Crippen LogP contribution in [0.1, 0.15) is 16.1 Å². The van der Waals surface area contributed by atoms with Gasteiger partial charge in [0.15, 0.2) is 11.5 Å². The standard InChI is InChI=1S/C22H22N6O5S/c1-12-19(25-27-28(12)14-8-17(32-4)11-18(9-14)33-5)20-23-22(34-26-20)24-21(29)13-6-15(30-2)10-16(7-13)31-3/h6-11H,1-5H3,(H,23,24,26,29). The van der Waals surface area contributed by atoms with E-state index in [1.165, 1.54) is 14.2 Å². The quantitative estimate of drug-likeness (QED) is 0.403. The Morgan fingerprint density at radius 1 is 0.882 bits per heavy atom. The lowest BCUT2D eigenvalue weighted by molar-refractivity contribution is 0.102. The Hall–Kier alpha value is -4.19. The average Bonchev–Trinajstić information content (AvgIpc) is 3.49. The van der Waals surface area contributed by atoms with Gasteiger partial charge in [0.2, 0.25) is 5.13 Å². The molecule has 0 spiro atoms. The number of carbonyl (C=O) groups is 1. The third-order valence-electron chi connectivity index (χ3n) is 4.95. The number of amides is 1. The number of ether oxygens (including phenoxy) is 4. The number of hydrogen-bond acceptors (Lipinski definition) is 10. The lowest BCUT2D eigenvalue weighted by atomic mass is 10.2. The highest BCUT2D eigenvalue weighted by Crippen LogP contribution is 2.29. The molecule has 0 aliphatic heterocycles. The van der Waals surface area contributed by atoms with Crippen molar-refractivity contribution in [1.82, 2.24) is 24.4 Å². The fourth-order valence-electron chi connectivity index (χ4n) is 3.17. The molecule has 0 aliphatic carbocycles. The van der Waals surface area contributed by atoms with Crippen molar-refractivity contribution in [2.75, 3.05) is 33.8 Å². The first-order chi connectivity index (χ1) is 16.4. The van der Waals surface area contributed by atoms with Gasteiger partial charge < -0.3 is 18.9 Å². The summed E-state index contributed by atoms with van der Waals surface area (Å²) < 4.78 is 27.1. The van der Waals surface area contributed by atoms with Gasteiger partial charge in [-0.25, -0.2) is 4.68 Å². The molecular formula is C22H22N6O5S. The Kier molecular flexibility index (Phi) is 6.59. The van der Waals surface area contributed by atoms with Crippen molar-refractivity contribution in [2.45, 2.75) is 6.92 Å². The zero-order valence-electron chi connectivity index (χ0n) is 19.1. The third kappa shape index (κ3) is 4.62. The van der Waals surface area contributed by atoms with Crippen LogP contribution in [0.25, 0.3) is 17.2 Å². The number of nitrogens with one attached hydrogen (secondary N) is 1. The highest BCUT2D eigenvalue weighted by molar-refractivity contribution is 7.10. The van der Waals surface area contributed by atoms with E-state index in [1.54, 1.807) is 43.2 Å². The molecule has 0 radical (unpaired) electrons. The van der Waals surface area contributed by atoms with Gasteiger partial charge in [0.05, 0.1) is 39.8 Å². The molecule has 2 aromatic heterocycles. The van der Waals surface area contributed by atoms with Gasteiger partial charge in [-0.3, -0.25) is 10.1 Å². The Balaban J connectivity index is 1.58. The Bertz CT molecular complexity index is 1290. The zero-order chi connectivity index (χ0) is 24.2. The highest BCUT2D eigenvalue weighted by Gasteiger charge is 2.19. The molecule has 0 aliphatic rings. The molecule has 0 saturated heterocycles. The highest BCUT2D eigenvalue weighted by atomic mass is 32.1. The Morgan fingerprint density at radius 3 is 2.00 bits per heavy atom. The van der Waals surface area contributed by atoms with Crippen LogP contribution in [0, 0.1) is 6.92 Å². The molecule has 2 aromatic carbocycles. The summed E-state index contributed by atoms with van der Waals surface area (Å²) in [4.78, 5) is 17.1. The van der Waals surface area contributed by atoms with Gasteiger partial charge in [-0.1, -0.05) is 5.21 Å². The van der Waals surface area contributed by atoms with Crippen LogP contribution in [0.5, 0.6) is 23.0 Å². The first-order valence-corrected chi connectivity index (χ1v) is 10.8. The lowest BCUT2D eigenvalue weighted by Crippen LogP contribution is -2.12. The second-order valence-electron chi connectivity index (χ2n) is 6.98. The van der Waals surface area contributed by atoms with Crippen LogP contribution in [-0.2, 0) is 0 Å². The largest absolute Gasteiger partial charge is 0.497 e. The minimum absolute atomic E-state index is 0.318. The van der Waals surface area contributed by atoms with Crippen molar-refractivity contribution in [1.29, 1.82) is 0 Å². The predicted molar refractivity (Wildman–Crippen MR) is 126 cm³/mol. The minimum atomic E-state index is -0.372. The normalized spacial score (nSPS) is 10.6. The summed E-state index contributed by atoms with van der Waals surface area (Å²) in [5, 5.41) is 11.5. The molecule has 34 heavy (non-hydrogen) atoms. The van der Waals surface area contributed by atoms with Crippen LogP contribution in [0.3, 0.4) is 0 Å². The monoisotopic (exact) mass is 482 g/mol. The predicted octanol–water partition coefficient (Wildman–Crippen LogP) is 3.38. The smallest absolute Gasteiger partial charge is 0.257 e. The van der Waals surface area contributed by atoms with E-state index in [0.29, 0.717) is 56.6 Å². The summed E-state index contributed by atoms with van der Waals surface area (Å²) in [7, 11) is 6.19. The molecule has 176 valence electrons. The summed E-state index contributed by atoms with van der Waals surface area (Å²) in [6.45, 7) is 1.85. The minimum Gasteiger partial charge on any atom is -0.497 e. The zero-order valence-corrected chi connectivity index (χ0v) is 20.0. The molecule has 11 nitrogen and oxygen atoms in total. The molecule has 2 heterocycles. The summed E-state index contributed by atoms with van der Waals surface area (Å²) >= 11 is 1.04. The summed E-state index contributed by atoms with van der Waals surface area (Å²) in [6.07, 6.45) is 0. The van der Waals surface area contributed by atoms with Crippen LogP contribution >= 0.6 is 11.5 Å². The maximum atomic E-state index is 12.7. The molecule has 0 saturated carbocycles. The number of hydrogen-bond donors (Lipinski definition) is 1. The first-order valence-electron chi connectivity index (χ1n) is 10.00. The molecule has 4 rings (SSSR count). The second-order valence-corrected chi connectivity index (χ2v) is 7.74. The first kappa shape index (κ1) is 23.0. The molecule has 0 atom stereocenters. The van der Waals surface area contributed by atoms with Crippen LogP contribution in [0.4, 0.5) is 5.13 Å². The maximum Gasteiger partial charge on any atom is 0.257 e. The van der Waals surface area contributed by atoms with Crippen LogP contribution < -0.4 is 24.3 Å². The van der Waals surface area contributed by atoms with Gasteiger partial charge in [0.25, 0.3) is 5.91 Å². The van der Waals surface area contributed by atoms with Gasteiger partial charge in [-0.05, 0) is 19.1 Å². The number of methoxy groups -OCH3 is 4. The van der Waals surface area contributed by atoms with Gasteiger partial charge >= 0.3 is 0 Å². The second kappa shape index (κ2) is 9.75. The van der Waals surface area contributed by atoms with Crippen molar-refractivity contribution >= 4 is 22.6 Å². The summed E-state index contributed by atoms with van der Waals surface area (Å²) in [5.41, 5.74) is 2.27.